The smallest absolute Gasteiger partial charge is 0.412 e. The molecule has 0 aromatic heterocycles. The molecule has 0 aliphatic heterocycles. The number of nitrogens with one attached hydrogen (secondary N) is 2. The molecule has 7 nitrogen and oxygen atoms in total. The second-order valence-corrected chi connectivity index (χ2v) is 9.73. The molecule has 2 amide bonds. The number of phenols is 1. The third-order valence-corrected chi connectivity index (χ3v) is 6.30. The first kappa shape index (κ1) is 26.3. The summed E-state index contributed by atoms with van der Waals surface area (Å²) in [5, 5.41) is 17.3. The first-order chi connectivity index (χ1) is 18.1. The quantitative estimate of drug-likeness (QED) is 0.159. The van der Waals surface area contributed by atoms with Crippen LogP contribution in [0.3, 0.4) is 0 Å². The molecule has 0 heterocycles. The van der Waals surface area contributed by atoms with Crippen LogP contribution in [0.2, 0.25) is 0 Å². The van der Waals surface area contributed by atoms with Gasteiger partial charge in [0.25, 0.3) is 0 Å². The maximum atomic E-state index is 13.0. The molecule has 5 N–H and O–H groups in total. The van der Waals surface area contributed by atoms with E-state index in [1.54, 1.807) is 60.7 Å². The lowest BCUT2D eigenvalue weighted by Crippen LogP contribution is -2.28. The lowest BCUT2D eigenvalue weighted by molar-refractivity contribution is -0.112. The lowest BCUT2D eigenvalue weighted by Gasteiger charge is -2.32. The summed E-state index contributed by atoms with van der Waals surface area (Å²) in [6.07, 6.45) is 1.67. The van der Waals surface area contributed by atoms with Gasteiger partial charge in [-0.2, -0.15) is 0 Å². The molecular weight excluding hydrogens is 478 g/mol. The van der Waals surface area contributed by atoms with Crippen molar-refractivity contribution in [3.05, 3.63) is 108 Å². The molecule has 194 valence electrons. The number of hydrogen-bond donors (Lipinski definition) is 4. The van der Waals surface area contributed by atoms with Crippen LogP contribution in [-0.4, -0.2) is 17.1 Å². The van der Waals surface area contributed by atoms with E-state index in [-0.39, 0.29) is 11.7 Å². The largest absolute Gasteiger partial charge is 0.507 e. The minimum absolute atomic E-state index is 0.125. The van der Waals surface area contributed by atoms with E-state index in [1.807, 2.05) is 51.1 Å². The van der Waals surface area contributed by atoms with Gasteiger partial charge >= 0.3 is 6.09 Å². The van der Waals surface area contributed by atoms with E-state index in [0.717, 1.165) is 10.9 Å². The zero-order chi connectivity index (χ0) is 27.3. The average molecular weight is 510 g/mol. The Kier molecular flexibility index (Phi) is 7.67. The van der Waals surface area contributed by atoms with E-state index in [0.29, 0.717) is 28.0 Å². The first-order valence-electron chi connectivity index (χ1n) is 12.2. The van der Waals surface area contributed by atoms with Gasteiger partial charge in [0.2, 0.25) is 5.91 Å². The van der Waals surface area contributed by atoms with Crippen molar-refractivity contribution in [3.63, 3.8) is 0 Å². The highest BCUT2D eigenvalue weighted by Crippen LogP contribution is 2.42. The number of benzene rings is 4. The number of hydrogen-bond acceptors (Lipinski definition) is 5. The number of nitrogen functional groups attached to an aromatic ring is 1. The summed E-state index contributed by atoms with van der Waals surface area (Å²) in [7, 11) is 0. The molecule has 0 aliphatic rings. The Balaban J connectivity index is 1.66. The van der Waals surface area contributed by atoms with Crippen molar-refractivity contribution >= 4 is 39.8 Å². The van der Waals surface area contributed by atoms with Crippen LogP contribution in [0.15, 0.2) is 97.1 Å². The maximum Gasteiger partial charge on any atom is 0.412 e. The van der Waals surface area contributed by atoms with Crippen LogP contribution in [0.1, 0.15) is 31.1 Å². The number of fused-ring (bicyclic) bond motifs is 1. The Labute approximate surface area is 221 Å². The van der Waals surface area contributed by atoms with Crippen molar-refractivity contribution in [3.8, 4) is 5.75 Å². The fraction of sp³-hybridized carbons (Fsp3) is 0.161. The number of para-hydroxylation sites is 2. The second kappa shape index (κ2) is 11.1. The van der Waals surface area contributed by atoms with Crippen LogP contribution in [0.5, 0.6) is 5.75 Å². The van der Waals surface area contributed by atoms with Gasteiger partial charge in [0.15, 0.2) is 0 Å². The van der Waals surface area contributed by atoms with Gasteiger partial charge < -0.3 is 20.9 Å². The summed E-state index contributed by atoms with van der Waals surface area (Å²) in [6.45, 7) is 5.71. The highest BCUT2D eigenvalue weighted by atomic mass is 16.6. The van der Waals surface area contributed by atoms with Crippen LogP contribution < -0.4 is 16.4 Å². The number of aromatic hydroxyl groups is 1. The number of rotatable bonds is 7. The fourth-order valence-electron chi connectivity index (χ4n) is 4.21. The van der Waals surface area contributed by atoms with Crippen molar-refractivity contribution in [2.24, 2.45) is 5.41 Å². The molecule has 0 fully saturated rings. The molecule has 0 radical (unpaired) electrons. The minimum atomic E-state index is -0.829. The van der Waals surface area contributed by atoms with Gasteiger partial charge in [-0.1, -0.05) is 80.1 Å². The van der Waals surface area contributed by atoms with Gasteiger partial charge in [0.05, 0.1) is 11.4 Å². The number of ether oxygens (including phenoxy) is 1. The number of aryl methyl sites for hydroxylation is 1. The Hall–Kier alpha value is -4.78. The van der Waals surface area contributed by atoms with Crippen molar-refractivity contribution in [2.75, 3.05) is 16.4 Å². The van der Waals surface area contributed by atoms with Crippen LogP contribution in [0.4, 0.5) is 21.9 Å². The molecule has 0 aliphatic carbocycles. The Morgan fingerprint density at radius 3 is 2.26 bits per heavy atom. The highest BCUT2D eigenvalue weighted by Gasteiger charge is 2.34. The van der Waals surface area contributed by atoms with Gasteiger partial charge in [-0.3, -0.25) is 10.1 Å². The number of carbonyl (C=O) groups is 2. The van der Waals surface area contributed by atoms with Crippen LogP contribution in [0.25, 0.3) is 10.8 Å². The average Bonchev–Trinajstić information content (AvgIpc) is 2.89. The normalized spacial score (nSPS) is 12.3. The number of amides is 2. The van der Waals surface area contributed by atoms with Gasteiger partial charge in [0, 0.05) is 22.1 Å². The monoisotopic (exact) mass is 509 g/mol. The van der Waals surface area contributed by atoms with Crippen molar-refractivity contribution in [2.45, 2.75) is 26.9 Å². The van der Waals surface area contributed by atoms with Gasteiger partial charge in [-0.25, -0.2) is 4.79 Å². The van der Waals surface area contributed by atoms with Crippen molar-refractivity contribution in [1.29, 1.82) is 0 Å². The minimum Gasteiger partial charge on any atom is -0.507 e. The molecule has 7 heteroatoms. The van der Waals surface area contributed by atoms with E-state index < -0.39 is 17.6 Å². The summed E-state index contributed by atoms with van der Waals surface area (Å²) in [6, 6.07) is 25.0. The lowest BCUT2D eigenvalue weighted by atomic mass is 9.80. The highest BCUT2D eigenvalue weighted by molar-refractivity contribution is 6.01. The van der Waals surface area contributed by atoms with E-state index in [1.165, 1.54) is 6.08 Å². The summed E-state index contributed by atoms with van der Waals surface area (Å²) < 4.78 is 6.02. The standard InChI is InChI=1S/C31H31N3O4/c1-20-12-14-21(15-13-20)33-30(37)38-29(24-16-17-27(35)23-9-5-4-8-22(23)24)31(2,3)19-18-28(36)34-26-11-7-6-10-25(26)32/h4-19,29,35H,32H2,1-3H3,(H,33,37)(H,34,36)/b19-18+/t29-/m1/s1. The number of anilines is 3. The van der Waals surface area contributed by atoms with Crippen LogP contribution >= 0.6 is 0 Å². The third-order valence-electron chi connectivity index (χ3n) is 6.30. The van der Waals surface area contributed by atoms with E-state index >= 15 is 0 Å². The predicted molar refractivity (Wildman–Crippen MR) is 152 cm³/mol. The topological polar surface area (TPSA) is 114 Å². The van der Waals surface area contributed by atoms with E-state index in [2.05, 4.69) is 10.6 Å². The Morgan fingerprint density at radius 1 is 0.895 bits per heavy atom. The molecule has 0 saturated carbocycles. The van der Waals surface area contributed by atoms with E-state index in [4.69, 9.17) is 10.5 Å². The number of nitrogens with two attached hydrogens (primary N) is 1. The molecule has 0 spiro atoms. The van der Waals surface area contributed by atoms with Gasteiger partial charge in [-0.15, -0.1) is 0 Å². The molecule has 0 unspecified atom stereocenters. The predicted octanol–water partition coefficient (Wildman–Crippen LogP) is 6.95. The summed E-state index contributed by atoms with van der Waals surface area (Å²) in [5.74, 6) is -0.241. The number of phenolic OH excluding ortho intramolecular Hbond substituents is 1. The molecule has 4 aromatic rings. The SMILES string of the molecule is Cc1ccc(NC(=O)O[C@H](c2ccc(O)c3ccccc23)C(C)(C)/C=C/C(=O)Nc2ccccc2N)cc1. The molecule has 1 atom stereocenters. The van der Waals surface area contributed by atoms with Crippen molar-refractivity contribution in [1.82, 2.24) is 0 Å². The summed E-state index contributed by atoms with van der Waals surface area (Å²) in [4.78, 5) is 25.8. The molecule has 0 bridgehead atoms. The van der Waals surface area contributed by atoms with Crippen molar-refractivity contribution < 1.29 is 19.4 Å². The maximum absolute atomic E-state index is 13.0. The molecule has 38 heavy (non-hydrogen) atoms. The zero-order valence-corrected chi connectivity index (χ0v) is 21.6. The molecule has 4 aromatic carbocycles. The summed E-state index contributed by atoms with van der Waals surface area (Å²) in [5.41, 5.74) is 8.44. The molecule has 0 saturated heterocycles. The fourth-order valence-corrected chi connectivity index (χ4v) is 4.21. The molecular formula is C31H31N3O4. The Morgan fingerprint density at radius 2 is 1.55 bits per heavy atom. The zero-order valence-electron chi connectivity index (χ0n) is 21.6. The van der Waals surface area contributed by atoms with Gasteiger partial charge in [-0.05, 0) is 48.7 Å². The first-order valence-corrected chi connectivity index (χ1v) is 12.2. The molecule has 4 rings (SSSR count). The van der Waals surface area contributed by atoms with Gasteiger partial charge in [0.1, 0.15) is 11.9 Å². The second-order valence-electron chi connectivity index (χ2n) is 9.73. The van der Waals surface area contributed by atoms with E-state index in [9.17, 15) is 14.7 Å². The Bertz CT molecular complexity index is 1490. The van der Waals surface area contributed by atoms with Crippen LogP contribution in [0, 0.1) is 12.3 Å². The summed E-state index contributed by atoms with van der Waals surface area (Å²) >= 11 is 0. The number of carbonyl (C=O) groups excluding carboxylic acids is 2. The third kappa shape index (κ3) is 6.13. The van der Waals surface area contributed by atoms with Crippen LogP contribution in [-0.2, 0) is 9.53 Å².